The van der Waals surface area contributed by atoms with E-state index in [1.807, 2.05) is 0 Å². The normalized spacial score (nSPS) is 12.6. The molecule has 1 aromatic carbocycles. The molecule has 0 atom stereocenters. The van der Waals surface area contributed by atoms with Crippen molar-refractivity contribution < 1.29 is 0 Å². The average Bonchev–Trinajstić information content (AvgIpc) is 2.26. The van der Waals surface area contributed by atoms with Gasteiger partial charge in [-0.05, 0) is 29.0 Å². The fraction of sp³-hybridized carbons (Fsp3) is 0.600. The zero-order chi connectivity index (χ0) is 13.1. The molecule has 0 amide bonds. The molecule has 0 saturated carbocycles. The standard InChI is InChI=1S/C15H26N2/c1-14(2,3)12-8-6-7-9-13(12)17-11-15(4,5)10-16/h6-9,17H,10-11,16H2,1-5H3. The Hall–Kier alpha value is -1.02. The van der Waals surface area contributed by atoms with Crippen LogP contribution in [0.1, 0.15) is 40.2 Å². The van der Waals surface area contributed by atoms with Gasteiger partial charge in [0.1, 0.15) is 0 Å². The van der Waals surface area contributed by atoms with Crippen molar-refractivity contribution in [3.05, 3.63) is 29.8 Å². The molecule has 96 valence electrons. The second-order valence-corrected chi connectivity index (χ2v) is 6.52. The molecule has 1 rings (SSSR count). The van der Waals surface area contributed by atoms with Gasteiger partial charge in [-0.15, -0.1) is 0 Å². The third kappa shape index (κ3) is 4.04. The molecule has 0 heterocycles. The number of benzene rings is 1. The Kier molecular flexibility index (Phi) is 4.21. The quantitative estimate of drug-likeness (QED) is 0.838. The smallest absolute Gasteiger partial charge is 0.0378 e. The van der Waals surface area contributed by atoms with Crippen molar-refractivity contribution in [2.24, 2.45) is 11.1 Å². The zero-order valence-electron chi connectivity index (χ0n) is 11.8. The van der Waals surface area contributed by atoms with Gasteiger partial charge in [0.25, 0.3) is 0 Å². The molecule has 0 radical (unpaired) electrons. The van der Waals surface area contributed by atoms with Gasteiger partial charge >= 0.3 is 0 Å². The summed E-state index contributed by atoms with van der Waals surface area (Å²) < 4.78 is 0. The SMILES string of the molecule is CC(C)(CN)CNc1ccccc1C(C)(C)C. The molecule has 1 aromatic rings. The Morgan fingerprint density at radius 3 is 2.18 bits per heavy atom. The second-order valence-electron chi connectivity index (χ2n) is 6.52. The topological polar surface area (TPSA) is 38.0 Å². The van der Waals surface area contributed by atoms with Crippen molar-refractivity contribution in [1.29, 1.82) is 0 Å². The lowest BCUT2D eigenvalue weighted by Gasteiger charge is -2.27. The van der Waals surface area contributed by atoms with E-state index in [0.29, 0.717) is 6.54 Å². The molecule has 0 aliphatic rings. The summed E-state index contributed by atoms with van der Waals surface area (Å²) in [5, 5.41) is 3.53. The van der Waals surface area contributed by atoms with Gasteiger partial charge in [0.2, 0.25) is 0 Å². The predicted molar refractivity (Wildman–Crippen MR) is 76.5 cm³/mol. The van der Waals surface area contributed by atoms with Crippen LogP contribution in [0.25, 0.3) is 0 Å². The summed E-state index contributed by atoms with van der Waals surface area (Å²) in [6, 6.07) is 8.51. The Labute approximate surface area is 106 Å². The molecular formula is C15H26N2. The lowest BCUT2D eigenvalue weighted by atomic mass is 9.85. The molecule has 17 heavy (non-hydrogen) atoms. The number of rotatable bonds is 4. The highest BCUT2D eigenvalue weighted by atomic mass is 14.9. The molecule has 2 heteroatoms. The number of para-hydroxylation sites is 1. The zero-order valence-corrected chi connectivity index (χ0v) is 11.8. The molecule has 0 aliphatic carbocycles. The van der Waals surface area contributed by atoms with Crippen LogP contribution in [0.5, 0.6) is 0 Å². The van der Waals surface area contributed by atoms with E-state index in [1.165, 1.54) is 11.3 Å². The maximum Gasteiger partial charge on any atom is 0.0378 e. The summed E-state index contributed by atoms with van der Waals surface area (Å²) in [7, 11) is 0. The number of anilines is 1. The Balaban J connectivity index is 2.85. The third-order valence-corrected chi connectivity index (χ3v) is 3.05. The van der Waals surface area contributed by atoms with Crippen molar-refractivity contribution in [3.63, 3.8) is 0 Å². The van der Waals surface area contributed by atoms with Crippen LogP contribution in [0.3, 0.4) is 0 Å². The number of nitrogens with one attached hydrogen (secondary N) is 1. The van der Waals surface area contributed by atoms with Gasteiger partial charge in [0, 0.05) is 12.2 Å². The van der Waals surface area contributed by atoms with Gasteiger partial charge < -0.3 is 11.1 Å². The van der Waals surface area contributed by atoms with E-state index in [0.717, 1.165) is 6.54 Å². The van der Waals surface area contributed by atoms with Crippen LogP contribution in [0.2, 0.25) is 0 Å². The van der Waals surface area contributed by atoms with Gasteiger partial charge in [0.15, 0.2) is 0 Å². The van der Waals surface area contributed by atoms with E-state index in [1.54, 1.807) is 0 Å². The molecule has 0 bridgehead atoms. The van der Waals surface area contributed by atoms with Crippen LogP contribution in [-0.2, 0) is 5.41 Å². The number of nitrogens with two attached hydrogens (primary N) is 1. The molecule has 0 spiro atoms. The summed E-state index contributed by atoms with van der Waals surface area (Å²) in [6.07, 6.45) is 0. The van der Waals surface area contributed by atoms with Crippen LogP contribution in [0, 0.1) is 5.41 Å². The molecule has 0 saturated heterocycles. The molecule has 0 aliphatic heterocycles. The van der Waals surface area contributed by atoms with Crippen molar-refractivity contribution in [2.75, 3.05) is 18.4 Å². The van der Waals surface area contributed by atoms with E-state index >= 15 is 0 Å². The summed E-state index contributed by atoms with van der Waals surface area (Å²) in [6.45, 7) is 12.7. The van der Waals surface area contributed by atoms with Gasteiger partial charge in [-0.1, -0.05) is 52.8 Å². The Morgan fingerprint density at radius 1 is 1.06 bits per heavy atom. The highest BCUT2D eigenvalue weighted by Crippen LogP contribution is 2.29. The van der Waals surface area contributed by atoms with Crippen molar-refractivity contribution in [2.45, 2.75) is 40.0 Å². The van der Waals surface area contributed by atoms with Gasteiger partial charge in [-0.25, -0.2) is 0 Å². The first-order chi connectivity index (χ1) is 7.76. The van der Waals surface area contributed by atoms with E-state index in [2.05, 4.69) is 64.2 Å². The maximum atomic E-state index is 5.75. The second kappa shape index (κ2) is 5.09. The number of hydrogen-bond acceptors (Lipinski definition) is 2. The first-order valence-electron chi connectivity index (χ1n) is 6.30. The van der Waals surface area contributed by atoms with Crippen molar-refractivity contribution in [1.82, 2.24) is 0 Å². The van der Waals surface area contributed by atoms with E-state index in [9.17, 15) is 0 Å². The Morgan fingerprint density at radius 2 is 1.65 bits per heavy atom. The lowest BCUT2D eigenvalue weighted by molar-refractivity contribution is 0.405. The monoisotopic (exact) mass is 234 g/mol. The minimum Gasteiger partial charge on any atom is -0.384 e. The summed E-state index contributed by atoms with van der Waals surface area (Å²) >= 11 is 0. The van der Waals surface area contributed by atoms with Crippen LogP contribution >= 0.6 is 0 Å². The molecular weight excluding hydrogens is 208 g/mol. The first kappa shape index (κ1) is 14.0. The van der Waals surface area contributed by atoms with Crippen LogP contribution < -0.4 is 11.1 Å². The van der Waals surface area contributed by atoms with Crippen molar-refractivity contribution >= 4 is 5.69 Å². The van der Waals surface area contributed by atoms with E-state index < -0.39 is 0 Å². The van der Waals surface area contributed by atoms with Crippen molar-refractivity contribution in [3.8, 4) is 0 Å². The summed E-state index contributed by atoms with van der Waals surface area (Å²) in [5.74, 6) is 0. The lowest BCUT2D eigenvalue weighted by Crippen LogP contribution is -2.31. The highest BCUT2D eigenvalue weighted by molar-refractivity contribution is 5.54. The van der Waals surface area contributed by atoms with E-state index in [-0.39, 0.29) is 10.8 Å². The fourth-order valence-electron chi connectivity index (χ4n) is 1.70. The summed E-state index contributed by atoms with van der Waals surface area (Å²) in [4.78, 5) is 0. The van der Waals surface area contributed by atoms with Gasteiger partial charge in [0.05, 0.1) is 0 Å². The largest absolute Gasteiger partial charge is 0.384 e. The number of hydrogen-bond donors (Lipinski definition) is 2. The fourth-order valence-corrected chi connectivity index (χ4v) is 1.70. The highest BCUT2D eigenvalue weighted by Gasteiger charge is 2.19. The first-order valence-corrected chi connectivity index (χ1v) is 6.30. The van der Waals surface area contributed by atoms with Gasteiger partial charge in [-0.3, -0.25) is 0 Å². The third-order valence-electron chi connectivity index (χ3n) is 3.05. The maximum absolute atomic E-state index is 5.75. The minimum absolute atomic E-state index is 0.130. The minimum atomic E-state index is 0.130. The Bertz CT molecular complexity index is 361. The van der Waals surface area contributed by atoms with Gasteiger partial charge in [-0.2, -0.15) is 0 Å². The molecule has 0 fully saturated rings. The molecule has 0 unspecified atom stereocenters. The van der Waals surface area contributed by atoms with Crippen LogP contribution in [0.4, 0.5) is 5.69 Å². The molecule has 0 aromatic heterocycles. The molecule has 2 nitrogen and oxygen atoms in total. The summed E-state index contributed by atoms with van der Waals surface area (Å²) in [5.41, 5.74) is 8.63. The van der Waals surface area contributed by atoms with E-state index in [4.69, 9.17) is 5.73 Å². The predicted octanol–water partition coefficient (Wildman–Crippen LogP) is 3.38. The average molecular weight is 234 g/mol. The molecule has 3 N–H and O–H groups in total. The van der Waals surface area contributed by atoms with Crippen LogP contribution in [0.15, 0.2) is 24.3 Å². The van der Waals surface area contributed by atoms with Crippen LogP contribution in [-0.4, -0.2) is 13.1 Å².